The van der Waals surface area contributed by atoms with Crippen LogP contribution < -0.4 is 10.0 Å². The number of amides is 1. The average Bonchev–Trinajstić information content (AvgIpc) is 3.28. The molecule has 0 aliphatic carbocycles. The van der Waals surface area contributed by atoms with Crippen LogP contribution in [0.5, 0.6) is 0 Å². The number of nitrogens with one attached hydrogen (secondary N) is 1. The van der Waals surface area contributed by atoms with Gasteiger partial charge in [-0.1, -0.05) is 0 Å². The van der Waals surface area contributed by atoms with E-state index in [9.17, 15) is 13.2 Å². The first-order valence-electron chi connectivity index (χ1n) is 9.82. The fourth-order valence-corrected chi connectivity index (χ4v) is 5.53. The van der Waals surface area contributed by atoms with Crippen molar-refractivity contribution in [2.75, 3.05) is 18.0 Å². The maximum atomic E-state index is 13.3. The molecule has 0 unspecified atom stereocenters. The quantitative estimate of drug-likeness (QED) is 0.652. The number of H-pyrrole nitrogens is 1. The molecule has 156 valence electrons. The maximum Gasteiger partial charge on any atom is 0.254 e. The highest BCUT2D eigenvalue weighted by molar-refractivity contribution is 7.89. The number of carbonyl (C=O) groups excluding carboxylic acids is 1. The predicted molar refractivity (Wildman–Crippen MR) is 112 cm³/mol. The molecule has 0 spiro atoms. The number of nitrogens with two attached hydrogens (primary N) is 1. The van der Waals surface area contributed by atoms with Crippen LogP contribution in [0.3, 0.4) is 0 Å². The number of sulfonamides is 1. The summed E-state index contributed by atoms with van der Waals surface area (Å²) in [6.07, 6.45) is 5.28. The molecule has 3 aromatic rings. The van der Waals surface area contributed by atoms with Crippen molar-refractivity contribution in [3.8, 4) is 0 Å². The van der Waals surface area contributed by atoms with Gasteiger partial charge in [0.1, 0.15) is 17.8 Å². The van der Waals surface area contributed by atoms with Gasteiger partial charge in [-0.05, 0) is 49.6 Å². The summed E-state index contributed by atoms with van der Waals surface area (Å²) in [6.45, 7) is 3.06. The van der Waals surface area contributed by atoms with Gasteiger partial charge in [0.25, 0.3) is 5.91 Å². The third kappa shape index (κ3) is 3.03. The Morgan fingerprint density at radius 3 is 2.57 bits per heavy atom. The van der Waals surface area contributed by atoms with Crippen LogP contribution in [-0.2, 0) is 10.0 Å². The molecule has 2 fully saturated rings. The lowest BCUT2D eigenvalue weighted by atomic mass is 10.1. The van der Waals surface area contributed by atoms with Crippen molar-refractivity contribution in [1.29, 1.82) is 0 Å². The number of carbonyl (C=O) groups is 1. The molecule has 2 aliphatic heterocycles. The zero-order valence-electron chi connectivity index (χ0n) is 16.4. The zero-order valence-corrected chi connectivity index (χ0v) is 17.3. The Labute approximate surface area is 174 Å². The Kier molecular flexibility index (Phi) is 4.30. The van der Waals surface area contributed by atoms with E-state index in [1.165, 1.54) is 6.07 Å². The molecular formula is C20H22N6O3S. The molecule has 9 nitrogen and oxygen atoms in total. The van der Waals surface area contributed by atoms with Crippen molar-refractivity contribution in [3.63, 3.8) is 0 Å². The molecule has 2 saturated heterocycles. The second kappa shape index (κ2) is 6.78. The molecular weight excluding hydrogens is 404 g/mol. The van der Waals surface area contributed by atoms with E-state index < -0.39 is 10.0 Å². The number of aromatic nitrogens is 3. The lowest BCUT2D eigenvalue weighted by Crippen LogP contribution is -2.56. The summed E-state index contributed by atoms with van der Waals surface area (Å²) < 4.78 is 23.3. The SMILES string of the molecule is Cc1cc(C(=O)N2[C@@H]3CC[C@H]2CN(c2ncnc4[nH]ccc24)C3)ccc1S(N)(=O)=O. The van der Waals surface area contributed by atoms with Crippen molar-refractivity contribution in [2.24, 2.45) is 5.14 Å². The van der Waals surface area contributed by atoms with Crippen LogP contribution in [0.15, 0.2) is 41.7 Å². The monoisotopic (exact) mass is 426 g/mol. The highest BCUT2D eigenvalue weighted by atomic mass is 32.2. The molecule has 3 N–H and O–H groups in total. The number of fused-ring (bicyclic) bond motifs is 3. The second-order valence-corrected chi connectivity index (χ2v) is 9.49. The molecule has 1 amide bonds. The lowest BCUT2D eigenvalue weighted by molar-refractivity contribution is 0.0641. The molecule has 2 aliphatic rings. The number of hydrogen-bond donors (Lipinski definition) is 2. The lowest BCUT2D eigenvalue weighted by Gasteiger charge is -2.41. The molecule has 1 aromatic carbocycles. The number of aryl methyl sites for hydroxylation is 1. The smallest absolute Gasteiger partial charge is 0.254 e. The van der Waals surface area contributed by atoms with Gasteiger partial charge in [0, 0.05) is 24.8 Å². The summed E-state index contributed by atoms with van der Waals surface area (Å²) in [4.78, 5) is 29.4. The fourth-order valence-electron chi connectivity index (χ4n) is 4.77. The number of aromatic amines is 1. The van der Waals surface area contributed by atoms with E-state index in [-0.39, 0.29) is 22.9 Å². The van der Waals surface area contributed by atoms with Gasteiger partial charge in [-0.15, -0.1) is 0 Å². The molecule has 2 bridgehead atoms. The third-order valence-electron chi connectivity index (χ3n) is 6.08. The predicted octanol–water partition coefficient (Wildman–Crippen LogP) is 1.41. The Hall–Kier alpha value is -2.98. The van der Waals surface area contributed by atoms with Crippen molar-refractivity contribution in [2.45, 2.75) is 36.7 Å². The van der Waals surface area contributed by atoms with Gasteiger partial charge in [0.2, 0.25) is 10.0 Å². The van der Waals surface area contributed by atoms with E-state index in [0.29, 0.717) is 24.2 Å². The number of rotatable bonds is 3. The highest BCUT2D eigenvalue weighted by Gasteiger charge is 2.43. The van der Waals surface area contributed by atoms with Crippen molar-refractivity contribution >= 4 is 32.8 Å². The largest absolute Gasteiger partial charge is 0.352 e. The van der Waals surface area contributed by atoms with Crippen molar-refractivity contribution in [1.82, 2.24) is 19.9 Å². The minimum atomic E-state index is -3.81. The number of anilines is 1. The maximum absolute atomic E-state index is 13.3. The van der Waals surface area contributed by atoms with E-state index in [2.05, 4.69) is 19.9 Å². The van der Waals surface area contributed by atoms with E-state index in [1.807, 2.05) is 17.2 Å². The molecule has 10 heteroatoms. The molecule has 30 heavy (non-hydrogen) atoms. The minimum Gasteiger partial charge on any atom is -0.352 e. The van der Waals surface area contributed by atoms with Crippen LogP contribution in [0.4, 0.5) is 5.82 Å². The van der Waals surface area contributed by atoms with Gasteiger partial charge < -0.3 is 14.8 Å². The average molecular weight is 427 g/mol. The molecule has 2 aromatic heterocycles. The Bertz CT molecular complexity index is 1240. The van der Waals surface area contributed by atoms with Crippen LogP contribution in [-0.4, -0.2) is 59.4 Å². The van der Waals surface area contributed by atoms with Crippen LogP contribution in [0.25, 0.3) is 11.0 Å². The number of piperazine rings is 1. The van der Waals surface area contributed by atoms with Gasteiger partial charge >= 0.3 is 0 Å². The summed E-state index contributed by atoms with van der Waals surface area (Å²) in [5, 5.41) is 6.22. The van der Waals surface area contributed by atoms with Gasteiger partial charge in [-0.2, -0.15) is 0 Å². The van der Waals surface area contributed by atoms with E-state index >= 15 is 0 Å². The van der Waals surface area contributed by atoms with E-state index in [1.54, 1.807) is 25.4 Å². The first-order chi connectivity index (χ1) is 14.3. The molecule has 2 atom stereocenters. The van der Waals surface area contributed by atoms with E-state index in [0.717, 1.165) is 29.7 Å². The summed E-state index contributed by atoms with van der Waals surface area (Å²) in [5.41, 5.74) is 1.77. The molecule has 0 saturated carbocycles. The highest BCUT2D eigenvalue weighted by Crippen LogP contribution is 2.35. The molecule has 0 radical (unpaired) electrons. The van der Waals surface area contributed by atoms with Gasteiger partial charge in [-0.3, -0.25) is 4.79 Å². The fraction of sp³-hybridized carbons (Fsp3) is 0.350. The molecule has 5 rings (SSSR count). The normalized spacial score (nSPS) is 21.4. The zero-order chi connectivity index (χ0) is 21.0. The first kappa shape index (κ1) is 19.0. The minimum absolute atomic E-state index is 0.0473. The Morgan fingerprint density at radius 2 is 1.90 bits per heavy atom. The molecule has 4 heterocycles. The van der Waals surface area contributed by atoms with Gasteiger partial charge in [0.15, 0.2) is 0 Å². The van der Waals surface area contributed by atoms with Crippen molar-refractivity contribution < 1.29 is 13.2 Å². The Balaban J connectivity index is 1.41. The van der Waals surface area contributed by atoms with Crippen LogP contribution >= 0.6 is 0 Å². The topological polar surface area (TPSA) is 125 Å². The summed E-state index contributed by atoms with van der Waals surface area (Å²) in [6, 6.07) is 6.72. The summed E-state index contributed by atoms with van der Waals surface area (Å²) in [7, 11) is -3.81. The van der Waals surface area contributed by atoms with Crippen molar-refractivity contribution in [3.05, 3.63) is 47.9 Å². The summed E-state index contributed by atoms with van der Waals surface area (Å²) >= 11 is 0. The number of hydrogen-bond acceptors (Lipinski definition) is 6. The number of primary sulfonamides is 1. The van der Waals surface area contributed by atoms with Crippen LogP contribution in [0.1, 0.15) is 28.8 Å². The second-order valence-electron chi connectivity index (χ2n) is 7.96. The standard InChI is InChI=1S/C20H22N6O3S/c1-12-8-13(2-5-17(12)30(21,28)29)20(27)26-14-3-4-15(26)10-25(9-14)19-16-6-7-22-18(16)23-11-24-19/h2,5-8,11,14-15H,3-4,9-10H2,1H3,(H2,21,28,29)(H,22,23,24)/t14-,15+. The number of benzene rings is 1. The van der Waals surface area contributed by atoms with Gasteiger partial charge in [0.05, 0.1) is 22.4 Å². The number of nitrogens with zero attached hydrogens (tertiary/aromatic N) is 4. The Morgan fingerprint density at radius 1 is 1.17 bits per heavy atom. The van der Waals surface area contributed by atoms with E-state index in [4.69, 9.17) is 5.14 Å². The van der Waals surface area contributed by atoms with Crippen LogP contribution in [0, 0.1) is 6.92 Å². The first-order valence-corrected chi connectivity index (χ1v) is 11.4. The summed E-state index contributed by atoms with van der Waals surface area (Å²) in [5.74, 6) is 0.819. The third-order valence-corrected chi connectivity index (χ3v) is 7.15. The van der Waals surface area contributed by atoms with Gasteiger partial charge in [-0.25, -0.2) is 23.5 Å². The van der Waals surface area contributed by atoms with Crippen LogP contribution in [0.2, 0.25) is 0 Å².